The van der Waals surface area contributed by atoms with Crippen LogP contribution in [0.1, 0.15) is 51.0 Å². The van der Waals surface area contributed by atoms with Gasteiger partial charge in [0.15, 0.2) is 0 Å². The van der Waals surface area contributed by atoms with Crippen molar-refractivity contribution in [3.63, 3.8) is 0 Å². The van der Waals surface area contributed by atoms with Crippen LogP contribution in [0.5, 0.6) is 5.75 Å². The molecule has 2 atom stereocenters. The molecule has 0 saturated heterocycles. The van der Waals surface area contributed by atoms with Gasteiger partial charge in [0.05, 0.1) is 12.7 Å². The van der Waals surface area contributed by atoms with Crippen molar-refractivity contribution in [1.29, 1.82) is 0 Å². The molecule has 0 spiro atoms. The zero-order valence-corrected chi connectivity index (χ0v) is 11.4. The first kappa shape index (κ1) is 13.4. The maximum Gasteiger partial charge on any atom is 0.122 e. The van der Waals surface area contributed by atoms with Gasteiger partial charge >= 0.3 is 0 Å². The van der Waals surface area contributed by atoms with E-state index in [1.54, 1.807) is 0 Å². The third-order valence-corrected chi connectivity index (χ3v) is 3.75. The van der Waals surface area contributed by atoms with Crippen LogP contribution in [0.2, 0.25) is 0 Å². The maximum atomic E-state index is 10.4. The average molecular weight is 248 g/mol. The van der Waals surface area contributed by atoms with Gasteiger partial charge in [-0.05, 0) is 30.4 Å². The predicted molar refractivity (Wildman–Crippen MR) is 74.0 cm³/mol. The summed E-state index contributed by atoms with van der Waals surface area (Å²) < 4.78 is 5.64. The summed E-state index contributed by atoms with van der Waals surface area (Å²) in [7, 11) is 0. The Balaban J connectivity index is 1.97. The van der Waals surface area contributed by atoms with E-state index >= 15 is 0 Å². The second kappa shape index (κ2) is 6.24. The molecule has 0 bridgehead atoms. The van der Waals surface area contributed by atoms with Gasteiger partial charge in [-0.3, -0.25) is 0 Å². The summed E-state index contributed by atoms with van der Waals surface area (Å²) >= 11 is 0. The molecule has 1 aromatic rings. The summed E-state index contributed by atoms with van der Waals surface area (Å²) in [5.41, 5.74) is 1.18. The number of hydrogen-bond donors (Lipinski definition) is 1. The highest BCUT2D eigenvalue weighted by Gasteiger charge is 2.27. The van der Waals surface area contributed by atoms with Crippen LogP contribution in [0.15, 0.2) is 24.3 Å². The fraction of sp³-hybridized carbons (Fsp3) is 0.625. The Morgan fingerprint density at radius 2 is 2.06 bits per heavy atom. The third kappa shape index (κ3) is 3.26. The van der Waals surface area contributed by atoms with Gasteiger partial charge < -0.3 is 9.84 Å². The summed E-state index contributed by atoms with van der Waals surface area (Å²) in [4.78, 5) is 0. The van der Waals surface area contributed by atoms with E-state index in [0.29, 0.717) is 0 Å². The summed E-state index contributed by atoms with van der Waals surface area (Å²) in [6, 6.07) is 8.11. The average Bonchev–Trinajstić information content (AvgIpc) is 2.37. The van der Waals surface area contributed by atoms with Crippen molar-refractivity contribution in [3.8, 4) is 5.75 Å². The highest BCUT2D eigenvalue weighted by molar-refractivity contribution is 5.38. The van der Waals surface area contributed by atoms with Crippen molar-refractivity contribution in [2.75, 3.05) is 6.61 Å². The van der Waals surface area contributed by atoms with E-state index in [0.717, 1.165) is 37.5 Å². The van der Waals surface area contributed by atoms with Crippen LogP contribution >= 0.6 is 0 Å². The Kier molecular flexibility index (Phi) is 4.65. The number of hydrogen-bond acceptors (Lipinski definition) is 2. The summed E-state index contributed by atoms with van der Waals surface area (Å²) in [6.07, 6.45) is 3.91. The van der Waals surface area contributed by atoms with Gasteiger partial charge in [-0.15, -0.1) is 0 Å². The Morgan fingerprint density at radius 1 is 1.28 bits per heavy atom. The topological polar surface area (TPSA) is 29.5 Å². The smallest absolute Gasteiger partial charge is 0.122 e. The van der Waals surface area contributed by atoms with E-state index in [1.165, 1.54) is 12.0 Å². The largest absolute Gasteiger partial charge is 0.493 e. The van der Waals surface area contributed by atoms with Crippen LogP contribution in [0, 0.1) is 5.92 Å². The number of rotatable bonds is 5. The molecule has 1 aliphatic heterocycles. The fourth-order valence-electron chi connectivity index (χ4n) is 2.71. The predicted octanol–water partition coefficient (Wildman–Crippen LogP) is 3.74. The molecular formula is C16H24O2. The maximum absolute atomic E-state index is 10.4. The zero-order chi connectivity index (χ0) is 13.0. The normalized spacial score (nSPS) is 20.3. The van der Waals surface area contributed by atoms with Gasteiger partial charge in [0.2, 0.25) is 0 Å². The Bertz CT molecular complexity index is 373. The minimum atomic E-state index is -0.228. The molecule has 0 fully saturated rings. The quantitative estimate of drug-likeness (QED) is 0.860. The van der Waals surface area contributed by atoms with Crippen LogP contribution in [-0.4, -0.2) is 17.8 Å². The lowest BCUT2D eigenvalue weighted by Gasteiger charge is -2.29. The second-order valence-electron chi connectivity index (χ2n) is 5.67. The summed E-state index contributed by atoms with van der Waals surface area (Å²) in [6.45, 7) is 5.19. The number of aliphatic hydroxyl groups excluding tert-OH is 1. The molecule has 0 radical (unpaired) electrons. The molecule has 1 aliphatic rings. The van der Waals surface area contributed by atoms with Gasteiger partial charge in [-0.25, -0.2) is 0 Å². The molecule has 0 aliphatic carbocycles. The molecule has 1 N–H and O–H groups in total. The first-order valence-corrected chi connectivity index (χ1v) is 7.08. The number of benzene rings is 1. The van der Waals surface area contributed by atoms with Crippen LogP contribution in [0.3, 0.4) is 0 Å². The van der Waals surface area contributed by atoms with Crippen molar-refractivity contribution in [2.45, 2.75) is 51.6 Å². The number of aliphatic hydroxyl groups is 1. The van der Waals surface area contributed by atoms with Gasteiger partial charge in [-0.2, -0.15) is 0 Å². The molecule has 100 valence electrons. The van der Waals surface area contributed by atoms with Crippen LogP contribution in [-0.2, 0) is 0 Å². The highest BCUT2D eigenvalue weighted by Crippen LogP contribution is 2.36. The van der Waals surface area contributed by atoms with E-state index in [-0.39, 0.29) is 12.0 Å². The zero-order valence-electron chi connectivity index (χ0n) is 11.4. The molecular weight excluding hydrogens is 224 g/mol. The highest BCUT2D eigenvalue weighted by atomic mass is 16.5. The van der Waals surface area contributed by atoms with E-state index in [9.17, 15) is 5.11 Å². The lowest BCUT2D eigenvalue weighted by Crippen LogP contribution is -2.25. The summed E-state index contributed by atoms with van der Waals surface area (Å²) in [5, 5.41) is 10.4. The van der Waals surface area contributed by atoms with E-state index < -0.39 is 0 Å². The van der Waals surface area contributed by atoms with Crippen LogP contribution in [0.4, 0.5) is 0 Å². The van der Waals surface area contributed by atoms with Gasteiger partial charge in [-0.1, -0.05) is 44.9 Å². The number of ether oxygens (including phenoxy) is 1. The van der Waals surface area contributed by atoms with E-state index in [2.05, 4.69) is 19.9 Å². The van der Waals surface area contributed by atoms with Crippen molar-refractivity contribution in [2.24, 2.45) is 5.92 Å². The molecule has 18 heavy (non-hydrogen) atoms. The molecule has 0 saturated carbocycles. The van der Waals surface area contributed by atoms with E-state index in [1.807, 2.05) is 18.2 Å². The lowest BCUT2D eigenvalue weighted by atomic mass is 9.85. The number of fused-ring (bicyclic) bond motifs is 1. The van der Waals surface area contributed by atoms with Crippen LogP contribution < -0.4 is 4.74 Å². The fourth-order valence-corrected chi connectivity index (χ4v) is 2.71. The Hall–Kier alpha value is -1.02. The van der Waals surface area contributed by atoms with E-state index in [4.69, 9.17) is 4.74 Å². The standard InChI is InChI=1S/C16H24O2/c1-12(2)6-5-8-15(17)13-10-11-18-16-9-4-3-7-14(13)16/h3-4,7,9,12-13,15,17H,5-6,8,10-11H2,1-2H3. The molecule has 2 heteroatoms. The molecule has 1 heterocycles. The SMILES string of the molecule is CC(C)CCCC(O)C1CCOc2ccccc21. The molecule has 0 aromatic heterocycles. The van der Waals surface area contributed by atoms with Gasteiger partial charge in [0.25, 0.3) is 0 Å². The minimum Gasteiger partial charge on any atom is -0.493 e. The monoisotopic (exact) mass is 248 g/mol. The van der Waals surface area contributed by atoms with Gasteiger partial charge in [0.1, 0.15) is 5.75 Å². The van der Waals surface area contributed by atoms with Crippen molar-refractivity contribution in [3.05, 3.63) is 29.8 Å². The van der Waals surface area contributed by atoms with Gasteiger partial charge in [0, 0.05) is 5.92 Å². The Morgan fingerprint density at radius 3 is 2.83 bits per heavy atom. The van der Waals surface area contributed by atoms with Crippen molar-refractivity contribution < 1.29 is 9.84 Å². The second-order valence-corrected chi connectivity index (χ2v) is 5.67. The lowest BCUT2D eigenvalue weighted by molar-refractivity contribution is 0.105. The molecule has 2 rings (SSSR count). The van der Waals surface area contributed by atoms with Crippen LogP contribution in [0.25, 0.3) is 0 Å². The van der Waals surface area contributed by atoms with Crippen molar-refractivity contribution in [1.82, 2.24) is 0 Å². The number of para-hydroxylation sites is 1. The summed E-state index contributed by atoms with van der Waals surface area (Å²) in [5.74, 6) is 1.93. The third-order valence-electron chi connectivity index (χ3n) is 3.75. The molecule has 2 unspecified atom stereocenters. The first-order valence-electron chi connectivity index (χ1n) is 7.08. The van der Waals surface area contributed by atoms with Crippen molar-refractivity contribution >= 4 is 0 Å². The molecule has 1 aromatic carbocycles. The molecule has 2 nitrogen and oxygen atoms in total. The minimum absolute atomic E-state index is 0.228. The first-order chi connectivity index (χ1) is 8.68. The molecule has 0 amide bonds. The Labute approximate surface area is 110 Å².